The summed E-state index contributed by atoms with van der Waals surface area (Å²) in [5.74, 6) is -0.463. The fraction of sp³-hybridized carbons (Fsp3) is 0.208. The summed E-state index contributed by atoms with van der Waals surface area (Å²) in [5, 5.41) is 13.4. The van der Waals surface area contributed by atoms with Gasteiger partial charge >= 0.3 is 5.97 Å². The number of aliphatic carboxylic acids is 1. The van der Waals surface area contributed by atoms with E-state index in [2.05, 4.69) is 91.0 Å². The van der Waals surface area contributed by atoms with Gasteiger partial charge in [0.2, 0.25) is 0 Å². The molecule has 3 heteroatoms. The van der Waals surface area contributed by atoms with Crippen molar-refractivity contribution in [2.45, 2.75) is 12.8 Å². The molecule has 0 unspecified atom stereocenters. The number of rotatable bonds is 7. The van der Waals surface area contributed by atoms with Crippen molar-refractivity contribution in [2.24, 2.45) is 11.8 Å². The van der Waals surface area contributed by atoms with E-state index in [0.717, 1.165) is 19.0 Å². The minimum atomic E-state index is -1.82. The van der Waals surface area contributed by atoms with Crippen molar-refractivity contribution in [1.82, 2.24) is 0 Å². The van der Waals surface area contributed by atoms with Gasteiger partial charge in [-0.3, -0.25) is 4.79 Å². The predicted octanol–water partition coefficient (Wildman–Crippen LogP) is 4.09. The van der Waals surface area contributed by atoms with E-state index in [1.807, 2.05) is 0 Å². The molecular weight excluding hydrogens is 351 g/mol. The zero-order valence-electron chi connectivity index (χ0n) is 15.2. The molecule has 0 spiro atoms. The average Bonchev–Trinajstić information content (AvgIpc) is 3.51. The lowest BCUT2D eigenvalue weighted by Crippen LogP contribution is -2.33. The van der Waals surface area contributed by atoms with Crippen molar-refractivity contribution in [3.05, 3.63) is 91.0 Å². The molecule has 3 aromatic carbocycles. The largest absolute Gasteiger partial charge is 0.481 e. The molecule has 0 bridgehead atoms. The predicted molar refractivity (Wildman–Crippen MR) is 114 cm³/mol. The highest BCUT2D eigenvalue weighted by Crippen LogP contribution is 2.58. The van der Waals surface area contributed by atoms with Crippen LogP contribution in [0.4, 0.5) is 0 Å². The van der Waals surface area contributed by atoms with E-state index < -0.39 is 13.2 Å². The minimum Gasteiger partial charge on any atom is -0.481 e. The lowest BCUT2D eigenvalue weighted by atomic mass is 10.2. The average molecular weight is 375 g/mol. The summed E-state index contributed by atoms with van der Waals surface area (Å²) >= 11 is 0. The summed E-state index contributed by atoms with van der Waals surface area (Å²) < 4.78 is 0. The Balaban J connectivity index is 1.81. The van der Waals surface area contributed by atoms with Crippen LogP contribution in [0.15, 0.2) is 91.0 Å². The van der Waals surface area contributed by atoms with E-state index in [-0.39, 0.29) is 5.92 Å². The molecule has 2 nitrogen and oxygen atoms in total. The lowest BCUT2D eigenvalue weighted by Gasteiger charge is -2.27. The summed E-state index contributed by atoms with van der Waals surface area (Å²) in [5.41, 5.74) is 0. The van der Waals surface area contributed by atoms with Crippen molar-refractivity contribution < 1.29 is 9.90 Å². The molecule has 4 rings (SSSR count). The molecule has 136 valence electrons. The molecule has 1 fully saturated rings. The third-order valence-corrected chi connectivity index (χ3v) is 10.1. The van der Waals surface area contributed by atoms with E-state index in [9.17, 15) is 9.90 Å². The number of carbonyl (C=O) groups is 1. The van der Waals surface area contributed by atoms with Crippen molar-refractivity contribution in [1.29, 1.82) is 0 Å². The van der Waals surface area contributed by atoms with Gasteiger partial charge in [-0.2, -0.15) is 0 Å². The Morgan fingerprint density at radius 2 is 1.19 bits per heavy atom. The zero-order chi connectivity index (χ0) is 18.7. The molecule has 2 atom stereocenters. The Morgan fingerprint density at radius 1 is 0.778 bits per heavy atom. The molecule has 0 aromatic heterocycles. The summed E-state index contributed by atoms with van der Waals surface area (Å²) in [6, 6.07) is 32.4. The molecule has 0 heterocycles. The third-order valence-electron chi connectivity index (χ3n) is 5.67. The first-order valence-electron chi connectivity index (χ1n) is 9.49. The molecular formula is C24H24O2P+. The highest BCUT2D eigenvalue weighted by atomic mass is 31.2. The van der Waals surface area contributed by atoms with E-state index >= 15 is 0 Å². The van der Waals surface area contributed by atoms with Crippen LogP contribution in [0.1, 0.15) is 12.8 Å². The third kappa shape index (κ3) is 3.55. The van der Waals surface area contributed by atoms with Gasteiger partial charge < -0.3 is 5.11 Å². The number of hydrogen-bond acceptors (Lipinski definition) is 1. The van der Waals surface area contributed by atoms with E-state index in [0.29, 0.717) is 5.92 Å². The van der Waals surface area contributed by atoms with Crippen molar-refractivity contribution in [3.63, 3.8) is 0 Å². The van der Waals surface area contributed by atoms with Gasteiger partial charge in [-0.25, -0.2) is 0 Å². The maximum Gasteiger partial charge on any atom is 0.306 e. The van der Waals surface area contributed by atoms with Crippen LogP contribution in [0.5, 0.6) is 0 Å². The van der Waals surface area contributed by atoms with E-state index in [1.54, 1.807) is 0 Å². The van der Waals surface area contributed by atoms with E-state index in [4.69, 9.17) is 0 Å². The fourth-order valence-corrected chi connectivity index (χ4v) is 8.54. The lowest BCUT2D eigenvalue weighted by molar-refractivity contribution is -0.138. The zero-order valence-corrected chi connectivity index (χ0v) is 16.1. The van der Waals surface area contributed by atoms with Crippen LogP contribution in [0.3, 0.4) is 0 Å². The second kappa shape index (κ2) is 7.66. The standard InChI is InChI=1S/C24H23O2P/c25-24(26)23-18-19(23)16-17-27(20-10-4-1-5-11-20,21-12-6-2-7-13-21)22-14-8-3-9-15-22/h1-15,19,23H,16-18H2/p+1/t19-,23-/m1/s1. The molecule has 0 aliphatic heterocycles. The Morgan fingerprint density at radius 3 is 1.52 bits per heavy atom. The smallest absolute Gasteiger partial charge is 0.306 e. The highest BCUT2D eigenvalue weighted by molar-refractivity contribution is 7.95. The highest BCUT2D eigenvalue weighted by Gasteiger charge is 2.49. The van der Waals surface area contributed by atoms with Gasteiger partial charge in [0.15, 0.2) is 0 Å². The summed E-state index contributed by atoms with van der Waals surface area (Å²) in [6.45, 7) is 0. The summed E-state index contributed by atoms with van der Waals surface area (Å²) in [7, 11) is -1.82. The van der Waals surface area contributed by atoms with Gasteiger partial charge in [-0.15, -0.1) is 0 Å². The van der Waals surface area contributed by atoms with Crippen LogP contribution in [-0.2, 0) is 4.79 Å². The van der Waals surface area contributed by atoms with Gasteiger partial charge in [-0.05, 0) is 55.2 Å². The van der Waals surface area contributed by atoms with Crippen molar-refractivity contribution in [2.75, 3.05) is 6.16 Å². The molecule has 1 aliphatic rings. The normalized spacial score (nSPS) is 18.8. The Kier molecular flexibility index (Phi) is 5.09. The van der Waals surface area contributed by atoms with Crippen molar-refractivity contribution in [3.8, 4) is 0 Å². The Hall–Kier alpha value is -2.44. The first kappa shape index (κ1) is 17.9. The summed E-state index contributed by atoms with van der Waals surface area (Å²) in [6.07, 6.45) is 2.80. The number of benzene rings is 3. The Bertz CT molecular complexity index is 797. The molecule has 1 saturated carbocycles. The molecule has 0 amide bonds. The van der Waals surface area contributed by atoms with Crippen molar-refractivity contribution >= 4 is 29.1 Å². The first-order valence-corrected chi connectivity index (χ1v) is 11.5. The van der Waals surface area contributed by atoms with Gasteiger partial charge in [-0.1, -0.05) is 54.6 Å². The molecule has 0 radical (unpaired) electrons. The van der Waals surface area contributed by atoms with Crippen LogP contribution in [0.25, 0.3) is 0 Å². The van der Waals surface area contributed by atoms with Crippen LogP contribution in [0.2, 0.25) is 0 Å². The molecule has 1 N–H and O–H groups in total. The van der Waals surface area contributed by atoms with Gasteiger partial charge in [0.25, 0.3) is 0 Å². The number of carboxylic acid groups (broad SMARTS) is 1. The minimum absolute atomic E-state index is 0.144. The van der Waals surface area contributed by atoms with Crippen LogP contribution < -0.4 is 15.9 Å². The quantitative estimate of drug-likeness (QED) is 0.632. The van der Waals surface area contributed by atoms with E-state index in [1.165, 1.54) is 15.9 Å². The van der Waals surface area contributed by atoms with Crippen LogP contribution in [0, 0.1) is 11.8 Å². The first-order chi connectivity index (χ1) is 13.2. The Labute approximate surface area is 161 Å². The molecule has 0 saturated heterocycles. The topological polar surface area (TPSA) is 37.3 Å². The van der Waals surface area contributed by atoms with Crippen LogP contribution in [-0.4, -0.2) is 17.2 Å². The molecule has 27 heavy (non-hydrogen) atoms. The fourth-order valence-electron chi connectivity index (χ4n) is 4.11. The molecule has 3 aromatic rings. The maximum absolute atomic E-state index is 11.3. The number of hydrogen-bond donors (Lipinski definition) is 1. The van der Waals surface area contributed by atoms with Gasteiger partial charge in [0.1, 0.15) is 23.2 Å². The van der Waals surface area contributed by atoms with Gasteiger partial charge in [0, 0.05) is 0 Å². The maximum atomic E-state index is 11.3. The monoisotopic (exact) mass is 375 g/mol. The summed E-state index contributed by atoms with van der Waals surface area (Å²) in [4.78, 5) is 11.3. The van der Waals surface area contributed by atoms with Gasteiger partial charge in [0.05, 0.1) is 12.1 Å². The van der Waals surface area contributed by atoms with Crippen LogP contribution >= 0.6 is 7.26 Å². The number of carboxylic acids is 1. The second-order valence-corrected chi connectivity index (χ2v) is 10.9. The SMILES string of the molecule is O=C(O)[C@@H]1C[C@H]1CC[P+](c1ccccc1)(c1ccccc1)c1ccccc1. The second-order valence-electron chi connectivity index (χ2n) is 7.27. The molecule has 1 aliphatic carbocycles.